The van der Waals surface area contributed by atoms with Crippen LogP contribution >= 0.6 is 0 Å². The van der Waals surface area contributed by atoms with E-state index in [2.05, 4.69) is 34.6 Å². The van der Waals surface area contributed by atoms with E-state index >= 15 is 0 Å². The first-order valence-corrected chi connectivity index (χ1v) is 8.65. The molecule has 23 heavy (non-hydrogen) atoms. The molecule has 0 spiro atoms. The van der Waals surface area contributed by atoms with Crippen LogP contribution in [0.3, 0.4) is 0 Å². The van der Waals surface area contributed by atoms with Gasteiger partial charge >= 0.3 is 0 Å². The second-order valence-electron chi connectivity index (χ2n) is 7.03. The summed E-state index contributed by atoms with van der Waals surface area (Å²) >= 11 is 0. The molecule has 2 fully saturated rings. The van der Waals surface area contributed by atoms with Crippen molar-refractivity contribution in [2.24, 2.45) is 11.8 Å². The lowest BCUT2D eigenvalue weighted by Gasteiger charge is -2.16. The van der Waals surface area contributed by atoms with E-state index in [0.717, 1.165) is 24.1 Å². The fraction of sp³-hybridized carbons (Fsp3) is 0.526. The summed E-state index contributed by atoms with van der Waals surface area (Å²) in [5, 5.41) is 3.75. The predicted octanol–water partition coefficient (Wildman–Crippen LogP) is 3.17. The quantitative estimate of drug-likeness (QED) is 0.922. The van der Waals surface area contributed by atoms with Crippen molar-refractivity contribution in [1.29, 1.82) is 0 Å². The Morgan fingerprint density at radius 1 is 1.13 bits per heavy atom. The van der Waals surface area contributed by atoms with Gasteiger partial charge < -0.3 is 14.6 Å². The van der Waals surface area contributed by atoms with Crippen molar-refractivity contribution in [3.8, 4) is 5.69 Å². The normalized spacial score (nSPS) is 29.8. The standard InChI is InChI=1S/C19H25N3O/c1-23-19-10-15-8-17(9-16(15)11-19)21-12-14-2-4-18(5-3-14)22-7-6-20-13-22/h2-7,13,15-17,19,21H,8-12H2,1H3/t15-,16+,17?,19?. The Balaban J connectivity index is 1.29. The molecule has 4 atom stereocenters. The van der Waals surface area contributed by atoms with Gasteiger partial charge in [-0.2, -0.15) is 0 Å². The number of ether oxygens (including phenoxy) is 1. The minimum Gasteiger partial charge on any atom is -0.381 e. The van der Waals surface area contributed by atoms with Gasteiger partial charge in [-0.15, -0.1) is 0 Å². The molecule has 0 saturated heterocycles. The Morgan fingerprint density at radius 3 is 2.48 bits per heavy atom. The molecule has 2 aliphatic rings. The first kappa shape index (κ1) is 14.9. The van der Waals surface area contributed by atoms with Crippen molar-refractivity contribution in [2.45, 2.75) is 44.4 Å². The Hall–Kier alpha value is -1.65. The van der Waals surface area contributed by atoms with Crippen LogP contribution in [0.2, 0.25) is 0 Å². The van der Waals surface area contributed by atoms with Gasteiger partial charge in [0.1, 0.15) is 0 Å². The summed E-state index contributed by atoms with van der Waals surface area (Å²) in [5.41, 5.74) is 2.51. The number of nitrogens with one attached hydrogen (secondary N) is 1. The average molecular weight is 311 g/mol. The van der Waals surface area contributed by atoms with Crippen molar-refractivity contribution >= 4 is 0 Å². The molecule has 4 heteroatoms. The van der Waals surface area contributed by atoms with Crippen LogP contribution in [0.15, 0.2) is 43.0 Å². The van der Waals surface area contributed by atoms with Crippen LogP contribution in [-0.2, 0) is 11.3 Å². The molecule has 2 aromatic rings. The van der Waals surface area contributed by atoms with Crippen LogP contribution in [0.25, 0.3) is 5.69 Å². The van der Waals surface area contributed by atoms with Gasteiger partial charge in [-0.25, -0.2) is 4.98 Å². The van der Waals surface area contributed by atoms with Gasteiger partial charge in [0.2, 0.25) is 0 Å². The predicted molar refractivity (Wildman–Crippen MR) is 90.4 cm³/mol. The van der Waals surface area contributed by atoms with E-state index in [1.165, 1.54) is 31.2 Å². The molecule has 1 heterocycles. The highest BCUT2D eigenvalue weighted by Gasteiger charge is 2.41. The highest BCUT2D eigenvalue weighted by molar-refractivity contribution is 5.34. The number of imidazole rings is 1. The summed E-state index contributed by atoms with van der Waals surface area (Å²) in [6, 6.07) is 9.41. The summed E-state index contributed by atoms with van der Waals surface area (Å²) in [6.07, 6.45) is 11.3. The van der Waals surface area contributed by atoms with Gasteiger partial charge in [0.15, 0.2) is 0 Å². The van der Waals surface area contributed by atoms with E-state index in [1.807, 2.05) is 24.2 Å². The molecule has 2 unspecified atom stereocenters. The molecule has 1 aromatic carbocycles. The lowest BCUT2D eigenvalue weighted by Crippen LogP contribution is -2.27. The highest BCUT2D eigenvalue weighted by atomic mass is 16.5. The van der Waals surface area contributed by atoms with Gasteiger partial charge in [-0.3, -0.25) is 0 Å². The number of hydrogen-bond donors (Lipinski definition) is 1. The second kappa shape index (κ2) is 6.46. The molecule has 4 rings (SSSR count). The number of fused-ring (bicyclic) bond motifs is 1. The maximum atomic E-state index is 5.53. The molecule has 0 aliphatic heterocycles. The highest BCUT2D eigenvalue weighted by Crippen LogP contribution is 2.45. The van der Waals surface area contributed by atoms with E-state index in [0.29, 0.717) is 12.1 Å². The largest absolute Gasteiger partial charge is 0.381 e. The monoisotopic (exact) mass is 311 g/mol. The van der Waals surface area contributed by atoms with Gasteiger partial charge in [-0.05, 0) is 55.2 Å². The SMILES string of the molecule is COC1C[C@H]2CC(NCc3ccc(-n4ccnc4)cc3)C[C@H]2C1. The molecule has 0 amide bonds. The summed E-state index contributed by atoms with van der Waals surface area (Å²) in [4.78, 5) is 4.09. The minimum atomic E-state index is 0.515. The third-order valence-corrected chi connectivity index (χ3v) is 5.64. The van der Waals surface area contributed by atoms with Crippen molar-refractivity contribution in [2.75, 3.05) is 7.11 Å². The summed E-state index contributed by atoms with van der Waals surface area (Å²) in [5.74, 6) is 1.75. The zero-order valence-corrected chi connectivity index (χ0v) is 13.7. The minimum absolute atomic E-state index is 0.515. The van der Waals surface area contributed by atoms with Crippen molar-refractivity contribution in [3.63, 3.8) is 0 Å². The molecule has 122 valence electrons. The molecule has 2 saturated carbocycles. The van der Waals surface area contributed by atoms with Crippen LogP contribution in [0.4, 0.5) is 0 Å². The maximum Gasteiger partial charge on any atom is 0.0991 e. The average Bonchev–Trinajstić information content (AvgIpc) is 3.29. The first-order valence-electron chi connectivity index (χ1n) is 8.65. The molecular weight excluding hydrogens is 286 g/mol. The Bertz CT molecular complexity index is 609. The number of aromatic nitrogens is 2. The summed E-state index contributed by atoms with van der Waals surface area (Å²) in [6.45, 7) is 0.960. The first-order chi connectivity index (χ1) is 11.3. The third kappa shape index (κ3) is 3.19. The van der Waals surface area contributed by atoms with Gasteiger partial charge in [-0.1, -0.05) is 12.1 Å². The summed E-state index contributed by atoms with van der Waals surface area (Å²) < 4.78 is 7.56. The number of methoxy groups -OCH3 is 1. The third-order valence-electron chi connectivity index (χ3n) is 5.64. The van der Waals surface area contributed by atoms with Crippen LogP contribution in [0.1, 0.15) is 31.2 Å². The number of hydrogen-bond acceptors (Lipinski definition) is 3. The molecule has 0 bridgehead atoms. The van der Waals surface area contributed by atoms with Crippen molar-refractivity contribution < 1.29 is 4.74 Å². The Morgan fingerprint density at radius 2 is 1.87 bits per heavy atom. The van der Waals surface area contributed by atoms with Crippen LogP contribution in [0.5, 0.6) is 0 Å². The number of benzene rings is 1. The fourth-order valence-electron chi connectivity index (χ4n) is 4.38. The molecule has 0 radical (unpaired) electrons. The van der Waals surface area contributed by atoms with Gasteiger partial charge in [0.25, 0.3) is 0 Å². The number of nitrogens with zero attached hydrogens (tertiary/aromatic N) is 2. The lowest BCUT2D eigenvalue weighted by atomic mass is 10.0. The molecule has 2 aliphatic carbocycles. The van der Waals surface area contributed by atoms with E-state index in [-0.39, 0.29) is 0 Å². The molecular formula is C19H25N3O. The second-order valence-corrected chi connectivity index (χ2v) is 7.03. The fourth-order valence-corrected chi connectivity index (χ4v) is 4.38. The van der Waals surface area contributed by atoms with Crippen LogP contribution in [-0.4, -0.2) is 28.8 Å². The lowest BCUT2D eigenvalue weighted by molar-refractivity contribution is 0.100. The van der Waals surface area contributed by atoms with E-state index in [1.54, 1.807) is 6.20 Å². The van der Waals surface area contributed by atoms with E-state index in [4.69, 9.17) is 4.74 Å². The smallest absolute Gasteiger partial charge is 0.0991 e. The number of rotatable bonds is 5. The van der Waals surface area contributed by atoms with E-state index in [9.17, 15) is 0 Å². The topological polar surface area (TPSA) is 39.1 Å². The van der Waals surface area contributed by atoms with Crippen LogP contribution in [0, 0.1) is 11.8 Å². The molecule has 1 N–H and O–H groups in total. The van der Waals surface area contributed by atoms with E-state index < -0.39 is 0 Å². The Kier molecular flexibility index (Phi) is 4.19. The molecule has 1 aromatic heterocycles. The zero-order chi connectivity index (χ0) is 15.6. The maximum absolute atomic E-state index is 5.53. The van der Waals surface area contributed by atoms with Crippen LogP contribution < -0.4 is 5.32 Å². The Labute approximate surface area is 137 Å². The molecule has 4 nitrogen and oxygen atoms in total. The summed E-state index contributed by atoms with van der Waals surface area (Å²) in [7, 11) is 1.86. The van der Waals surface area contributed by atoms with Gasteiger partial charge in [0.05, 0.1) is 12.4 Å². The van der Waals surface area contributed by atoms with Crippen molar-refractivity contribution in [3.05, 3.63) is 48.5 Å². The van der Waals surface area contributed by atoms with Gasteiger partial charge in [0, 0.05) is 37.8 Å². The zero-order valence-electron chi connectivity index (χ0n) is 13.7. The van der Waals surface area contributed by atoms with Crippen molar-refractivity contribution in [1.82, 2.24) is 14.9 Å².